The molecule has 15 heteroatoms. The zero-order valence-electron chi connectivity index (χ0n) is 20.9. The highest BCUT2D eigenvalue weighted by molar-refractivity contribution is 7.98. The molecule has 0 aliphatic heterocycles. The van der Waals surface area contributed by atoms with Crippen molar-refractivity contribution in [3.8, 4) is 0 Å². The molecule has 5 atom stereocenters. The van der Waals surface area contributed by atoms with E-state index in [2.05, 4.69) is 20.9 Å². The number of aliphatic carboxylic acids is 1. The smallest absolute Gasteiger partial charge is 0.326 e. The van der Waals surface area contributed by atoms with E-state index in [0.717, 1.165) is 0 Å². The van der Waals surface area contributed by atoms with Gasteiger partial charge in [0.2, 0.25) is 17.7 Å². The molecule has 0 saturated heterocycles. The fourth-order valence-corrected chi connectivity index (χ4v) is 3.59. The Bertz CT molecular complexity index is 735. The number of hydrogen-bond acceptors (Lipinski definition) is 9. The fraction of sp³-hybridized carbons (Fsp3) is 0.762. The largest absolute Gasteiger partial charge is 0.480 e. The summed E-state index contributed by atoms with van der Waals surface area (Å²) in [6.07, 6.45) is 2.61. The Morgan fingerprint density at radius 1 is 0.917 bits per heavy atom. The molecule has 0 aliphatic carbocycles. The molecule has 0 fully saturated rings. The van der Waals surface area contributed by atoms with Gasteiger partial charge in [-0.2, -0.15) is 11.8 Å². The minimum absolute atomic E-state index is 0.0179. The van der Waals surface area contributed by atoms with Gasteiger partial charge in [-0.15, -0.1) is 0 Å². The summed E-state index contributed by atoms with van der Waals surface area (Å²) in [6, 6.07) is -4.59. The molecule has 3 amide bonds. The summed E-state index contributed by atoms with van der Waals surface area (Å²) in [5, 5.41) is 26.9. The van der Waals surface area contributed by atoms with E-state index in [9.17, 15) is 29.4 Å². The van der Waals surface area contributed by atoms with Crippen LogP contribution >= 0.6 is 11.8 Å². The maximum Gasteiger partial charge on any atom is 0.326 e. The number of carbonyl (C=O) groups is 4. The van der Waals surface area contributed by atoms with Crippen molar-refractivity contribution in [3.05, 3.63) is 0 Å². The van der Waals surface area contributed by atoms with Crippen LogP contribution in [0.2, 0.25) is 0 Å². The van der Waals surface area contributed by atoms with Gasteiger partial charge in [0.25, 0.3) is 0 Å². The molecule has 36 heavy (non-hydrogen) atoms. The molecule has 0 aromatic carbocycles. The highest BCUT2D eigenvalue weighted by Gasteiger charge is 2.32. The van der Waals surface area contributed by atoms with Crippen LogP contribution in [0.3, 0.4) is 0 Å². The van der Waals surface area contributed by atoms with E-state index in [-0.39, 0.29) is 31.8 Å². The third kappa shape index (κ3) is 14.1. The van der Waals surface area contributed by atoms with Crippen molar-refractivity contribution in [2.45, 2.75) is 75.7 Å². The molecule has 14 nitrogen and oxygen atoms in total. The van der Waals surface area contributed by atoms with E-state index < -0.39 is 54.0 Å². The summed E-state index contributed by atoms with van der Waals surface area (Å²) in [5.74, 6) is -2.88. The third-order valence-corrected chi connectivity index (χ3v) is 5.82. The molecular formula is C21H42N8O6S. The van der Waals surface area contributed by atoms with Gasteiger partial charge in [-0.05, 0) is 64.0 Å². The number of rotatable bonds is 19. The number of thioether (sulfide) groups is 1. The van der Waals surface area contributed by atoms with Gasteiger partial charge in [0.15, 0.2) is 5.96 Å². The lowest BCUT2D eigenvalue weighted by atomic mass is 10.0. The second kappa shape index (κ2) is 18.6. The maximum atomic E-state index is 13.0. The highest BCUT2D eigenvalue weighted by atomic mass is 32.2. The lowest BCUT2D eigenvalue weighted by Gasteiger charge is -2.26. The molecule has 0 aromatic rings. The number of amides is 3. The Balaban J connectivity index is 5.35. The van der Waals surface area contributed by atoms with Crippen LogP contribution in [0, 0.1) is 0 Å². The standard InChI is InChI=1S/C21H42N8O6S/c1-12(30)16(19(33)28-15(20(34)35)7-5-10-26-21(24)25)29-18(32)14(6-3-4-9-22)27-17(31)13(23)8-11-36-2/h12-16,30H,3-11,22-23H2,1-2H3,(H,27,31)(H,28,33)(H,29,32)(H,34,35)(H4,24,25,26). The van der Waals surface area contributed by atoms with Crippen LogP contribution in [0.1, 0.15) is 45.4 Å². The van der Waals surface area contributed by atoms with Crippen molar-refractivity contribution < 1.29 is 29.4 Å². The van der Waals surface area contributed by atoms with Crippen molar-refractivity contribution in [1.29, 1.82) is 0 Å². The molecular weight excluding hydrogens is 492 g/mol. The van der Waals surface area contributed by atoms with Gasteiger partial charge < -0.3 is 49.1 Å². The predicted molar refractivity (Wildman–Crippen MR) is 139 cm³/mol. The van der Waals surface area contributed by atoms with Gasteiger partial charge >= 0.3 is 5.97 Å². The number of carbonyl (C=O) groups excluding carboxylic acids is 3. The number of aliphatic hydroxyl groups excluding tert-OH is 1. The Kier molecular flexibility index (Phi) is 17.3. The second-order valence-corrected chi connectivity index (χ2v) is 9.29. The average Bonchev–Trinajstić information content (AvgIpc) is 2.81. The number of carboxylic acid groups (broad SMARTS) is 1. The Morgan fingerprint density at radius 3 is 2.06 bits per heavy atom. The predicted octanol–water partition coefficient (Wildman–Crippen LogP) is -2.83. The summed E-state index contributed by atoms with van der Waals surface area (Å²) in [4.78, 5) is 53.5. The van der Waals surface area contributed by atoms with Crippen molar-refractivity contribution in [1.82, 2.24) is 16.0 Å². The molecule has 0 heterocycles. The van der Waals surface area contributed by atoms with Crippen molar-refractivity contribution in [2.24, 2.45) is 27.9 Å². The SMILES string of the molecule is CSCCC(N)C(=O)NC(CCCCN)C(=O)NC(C(=O)NC(CCCN=C(N)N)C(=O)O)C(C)O. The van der Waals surface area contributed by atoms with Crippen LogP contribution in [-0.2, 0) is 19.2 Å². The zero-order valence-corrected chi connectivity index (χ0v) is 21.8. The van der Waals surface area contributed by atoms with Gasteiger partial charge in [-0.25, -0.2) is 4.79 Å². The molecule has 0 aromatic heterocycles. The summed E-state index contributed by atoms with van der Waals surface area (Å²) in [6.45, 7) is 1.84. The van der Waals surface area contributed by atoms with Gasteiger partial charge in [0.05, 0.1) is 12.1 Å². The molecule has 0 saturated carbocycles. The first kappa shape index (κ1) is 33.4. The Morgan fingerprint density at radius 2 is 1.53 bits per heavy atom. The van der Waals surface area contributed by atoms with Crippen LogP contribution in [0.5, 0.6) is 0 Å². The molecule has 0 spiro atoms. The molecule has 0 radical (unpaired) electrons. The van der Waals surface area contributed by atoms with Crippen molar-refractivity contribution in [2.75, 3.05) is 25.1 Å². The molecule has 5 unspecified atom stereocenters. The van der Waals surface area contributed by atoms with E-state index in [1.54, 1.807) is 0 Å². The first-order valence-corrected chi connectivity index (χ1v) is 13.2. The number of aliphatic hydroxyl groups is 1. The molecule has 0 rings (SSSR count). The van der Waals surface area contributed by atoms with E-state index in [1.165, 1.54) is 18.7 Å². The van der Waals surface area contributed by atoms with Crippen molar-refractivity contribution in [3.63, 3.8) is 0 Å². The first-order valence-electron chi connectivity index (χ1n) is 11.8. The lowest BCUT2D eigenvalue weighted by Crippen LogP contribution is -2.59. The molecule has 0 bridgehead atoms. The highest BCUT2D eigenvalue weighted by Crippen LogP contribution is 2.06. The van der Waals surface area contributed by atoms with Gasteiger partial charge in [0.1, 0.15) is 18.1 Å². The normalized spacial score (nSPS) is 15.0. The van der Waals surface area contributed by atoms with Crippen molar-refractivity contribution >= 4 is 41.4 Å². The summed E-state index contributed by atoms with van der Waals surface area (Å²) in [5.41, 5.74) is 21.9. The minimum Gasteiger partial charge on any atom is -0.480 e. The average molecular weight is 535 g/mol. The topological polar surface area (TPSA) is 261 Å². The van der Waals surface area contributed by atoms with Gasteiger partial charge in [0, 0.05) is 6.54 Å². The number of hydrogen-bond donors (Lipinski definition) is 9. The molecule has 208 valence electrons. The van der Waals surface area contributed by atoms with Gasteiger partial charge in [-0.3, -0.25) is 19.4 Å². The zero-order chi connectivity index (χ0) is 27.7. The second-order valence-electron chi connectivity index (χ2n) is 8.31. The fourth-order valence-electron chi connectivity index (χ4n) is 3.10. The first-order chi connectivity index (χ1) is 16.9. The number of carboxylic acids is 1. The Labute approximate surface area is 215 Å². The van der Waals surface area contributed by atoms with Crippen LogP contribution in [0.4, 0.5) is 0 Å². The number of guanidine groups is 1. The number of unbranched alkanes of at least 4 members (excludes halogenated alkanes) is 1. The maximum absolute atomic E-state index is 13.0. The van der Waals surface area contributed by atoms with E-state index in [4.69, 9.17) is 22.9 Å². The Hall–Kier alpha value is -2.62. The third-order valence-electron chi connectivity index (χ3n) is 5.17. The summed E-state index contributed by atoms with van der Waals surface area (Å²) >= 11 is 1.53. The summed E-state index contributed by atoms with van der Waals surface area (Å²) in [7, 11) is 0. The minimum atomic E-state index is -1.46. The van der Waals surface area contributed by atoms with Crippen LogP contribution in [0.25, 0.3) is 0 Å². The number of nitrogens with zero attached hydrogens (tertiary/aromatic N) is 1. The van der Waals surface area contributed by atoms with Gasteiger partial charge in [-0.1, -0.05) is 0 Å². The number of aliphatic imine (C=N–C) groups is 1. The quantitative estimate of drug-likeness (QED) is 0.0463. The lowest BCUT2D eigenvalue weighted by molar-refractivity contribution is -0.143. The number of nitrogens with one attached hydrogen (secondary N) is 3. The van der Waals surface area contributed by atoms with Crippen LogP contribution in [0.15, 0.2) is 4.99 Å². The van der Waals surface area contributed by atoms with Crippen LogP contribution in [-0.4, -0.2) is 95.2 Å². The van der Waals surface area contributed by atoms with E-state index in [0.29, 0.717) is 31.6 Å². The summed E-state index contributed by atoms with van der Waals surface area (Å²) < 4.78 is 0. The molecule has 13 N–H and O–H groups in total. The van der Waals surface area contributed by atoms with E-state index >= 15 is 0 Å². The van der Waals surface area contributed by atoms with E-state index in [1.807, 2.05) is 6.26 Å². The molecule has 0 aliphatic rings. The monoisotopic (exact) mass is 534 g/mol. The van der Waals surface area contributed by atoms with Crippen LogP contribution < -0.4 is 38.9 Å². The number of nitrogens with two attached hydrogens (primary N) is 4.